The van der Waals surface area contributed by atoms with Crippen LogP contribution in [-0.4, -0.2) is 24.6 Å². The second-order valence-corrected chi connectivity index (χ2v) is 7.30. The third-order valence-electron chi connectivity index (χ3n) is 5.21. The Morgan fingerprint density at radius 1 is 0.731 bits per heavy atom. The molecule has 0 aromatic carbocycles. The van der Waals surface area contributed by atoms with Gasteiger partial charge in [-0.15, -0.1) is 0 Å². The van der Waals surface area contributed by atoms with Crippen molar-refractivity contribution >= 4 is 11.9 Å². The highest BCUT2D eigenvalue weighted by atomic mass is 16.6. The molecule has 0 aromatic rings. The monoisotopic (exact) mass is 370 g/mol. The van der Waals surface area contributed by atoms with Gasteiger partial charge in [-0.25, -0.2) is 0 Å². The number of esters is 2. The van der Waals surface area contributed by atoms with E-state index in [1.165, 1.54) is 25.7 Å². The lowest BCUT2D eigenvalue weighted by Crippen LogP contribution is -2.42. The molecule has 0 radical (unpaired) electrons. The maximum Gasteiger partial charge on any atom is 0.323 e. The van der Waals surface area contributed by atoms with Gasteiger partial charge in [-0.1, -0.05) is 79.6 Å². The molecule has 0 saturated heterocycles. The van der Waals surface area contributed by atoms with Crippen LogP contribution in [0.15, 0.2) is 0 Å². The van der Waals surface area contributed by atoms with Gasteiger partial charge >= 0.3 is 11.9 Å². The van der Waals surface area contributed by atoms with E-state index < -0.39 is 17.4 Å². The van der Waals surface area contributed by atoms with E-state index in [9.17, 15) is 9.59 Å². The minimum Gasteiger partial charge on any atom is -0.465 e. The lowest BCUT2D eigenvalue weighted by molar-refractivity contribution is -0.177. The topological polar surface area (TPSA) is 52.6 Å². The SMILES string of the molecule is CCCCCCCCOC(=O)C(CC)(CC)C(=O)OC(CCC)CCC. The Labute approximate surface area is 161 Å². The van der Waals surface area contributed by atoms with Gasteiger partial charge < -0.3 is 9.47 Å². The van der Waals surface area contributed by atoms with Gasteiger partial charge in [0.15, 0.2) is 5.41 Å². The van der Waals surface area contributed by atoms with Gasteiger partial charge in [0.2, 0.25) is 0 Å². The molecule has 0 spiro atoms. The summed E-state index contributed by atoms with van der Waals surface area (Å²) in [5.74, 6) is -0.810. The van der Waals surface area contributed by atoms with Crippen molar-refractivity contribution in [3.05, 3.63) is 0 Å². The van der Waals surface area contributed by atoms with Crippen molar-refractivity contribution in [2.45, 2.75) is 118 Å². The lowest BCUT2D eigenvalue weighted by atomic mass is 9.82. The van der Waals surface area contributed by atoms with Crippen LogP contribution in [0.5, 0.6) is 0 Å². The van der Waals surface area contributed by atoms with Gasteiger partial charge in [-0.3, -0.25) is 9.59 Å². The van der Waals surface area contributed by atoms with Crippen molar-refractivity contribution in [3.8, 4) is 0 Å². The van der Waals surface area contributed by atoms with E-state index >= 15 is 0 Å². The van der Waals surface area contributed by atoms with Crippen molar-refractivity contribution in [2.24, 2.45) is 5.41 Å². The van der Waals surface area contributed by atoms with Gasteiger partial charge in [0.25, 0.3) is 0 Å². The number of carbonyl (C=O) groups is 2. The summed E-state index contributed by atoms with van der Waals surface area (Å²) >= 11 is 0. The zero-order chi connectivity index (χ0) is 19.8. The molecule has 0 aliphatic heterocycles. The molecular weight excluding hydrogens is 328 g/mol. The number of rotatable bonds is 16. The van der Waals surface area contributed by atoms with Crippen LogP contribution >= 0.6 is 0 Å². The van der Waals surface area contributed by atoms with Crippen molar-refractivity contribution in [1.82, 2.24) is 0 Å². The molecular formula is C22H42O4. The van der Waals surface area contributed by atoms with Crippen molar-refractivity contribution in [3.63, 3.8) is 0 Å². The van der Waals surface area contributed by atoms with Crippen molar-refractivity contribution < 1.29 is 19.1 Å². The summed E-state index contributed by atoms with van der Waals surface area (Å²) in [4.78, 5) is 25.5. The fourth-order valence-electron chi connectivity index (χ4n) is 3.27. The molecule has 4 heteroatoms. The van der Waals surface area contributed by atoms with Crippen LogP contribution in [0.25, 0.3) is 0 Å². The summed E-state index contributed by atoms with van der Waals surface area (Å²) in [6.07, 6.45) is 11.2. The second kappa shape index (κ2) is 15.0. The van der Waals surface area contributed by atoms with E-state index in [4.69, 9.17) is 9.47 Å². The van der Waals surface area contributed by atoms with Crippen LogP contribution in [0.1, 0.15) is 112 Å². The molecule has 26 heavy (non-hydrogen) atoms. The molecule has 0 bridgehead atoms. The summed E-state index contributed by atoms with van der Waals surface area (Å²) in [5, 5.41) is 0. The van der Waals surface area contributed by atoms with Gasteiger partial charge in [0, 0.05) is 0 Å². The van der Waals surface area contributed by atoms with Gasteiger partial charge in [0.1, 0.15) is 6.10 Å². The van der Waals surface area contributed by atoms with E-state index in [2.05, 4.69) is 20.8 Å². The summed E-state index contributed by atoms with van der Waals surface area (Å²) in [7, 11) is 0. The number of carbonyl (C=O) groups excluding carboxylic acids is 2. The normalized spacial score (nSPS) is 11.6. The summed E-state index contributed by atoms with van der Waals surface area (Å²) < 4.78 is 11.2. The van der Waals surface area contributed by atoms with Crippen molar-refractivity contribution in [1.29, 1.82) is 0 Å². The van der Waals surface area contributed by atoms with E-state index in [0.717, 1.165) is 38.5 Å². The first-order valence-corrected chi connectivity index (χ1v) is 10.9. The first kappa shape index (κ1) is 24.9. The highest BCUT2D eigenvalue weighted by Crippen LogP contribution is 2.31. The molecule has 0 saturated carbocycles. The predicted octanol–water partition coefficient (Wildman–Crippen LogP) is 6.21. The molecule has 0 fully saturated rings. The average molecular weight is 371 g/mol. The first-order valence-electron chi connectivity index (χ1n) is 10.9. The highest BCUT2D eigenvalue weighted by molar-refractivity contribution is 6.00. The third-order valence-corrected chi connectivity index (χ3v) is 5.21. The molecule has 0 rings (SSSR count). The molecule has 0 N–H and O–H groups in total. The quantitative estimate of drug-likeness (QED) is 0.184. The maximum absolute atomic E-state index is 12.8. The van der Waals surface area contributed by atoms with Gasteiger partial charge in [-0.2, -0.15) is 0 Å². The number of hydrogen-bond donors (Lipinski definition) is 0. The first-order chi connectivity index (χ1) is 12.5. The summed E-state index contributed by atoms with van der Waals surface area (Å²) in [5.41, 5.74) is -1.15. The Morgan fingerprint density at radius 3 is 1.77 bits per heavy atom. The molecule has 0 unspecified atom stereocenters. The molecule has 0 amide bonds. The van der Waals surface area contributed by atoms with E-state index in [0.29, 0.717) is 19.4 Å². The Morgan fingerprint density at radius 2 is 1.27 bits per heavy atom. The minimum absolute atomic E-state index is 0.0960. The van der Waals surface area contributed by atoms with Crippen LogP contribution in [-0.2, 0) is 19.1 Å². The minimum atomic E-state index is -1.15. The molecule has 0 aliphatic carbocycles. The Kier molecular flexibility index (Phi) is 14.4. The van der Waals surface area contributed by atoms with E-state index in [1.54, 1.807) is 0 Å². The van der Waals surface area contributed by atoms with Crippen LogP contribution in [0, 0.1) is 5.41 Å². The predicted molar refractivity (Wildman–Crippen MR) is 107 cm³/mol. The molecule has 0 heterocycles. The molecule has 0 aliphatic rings. The van der Waals surface area contributed by atoms with Crippen LogP contribution in [0.4, 0.5) is 0 Å². The number of unbranched alkanes of at least 4 members (excludes halogenated alkanes) is 5. The summed E-state index contributed by atoms with van der Waals surface area (Å²) in [6, 6.07) is 0. The van der Waals surface area contributed by atoms with E-state index in [-0.39, 0.29) is 6.10 Å². The van der Waals surface area contributed by atoms with Crippen LogP contribution in [0.2, 0.25) is 0 Å². The second-order valence-electron chi connectivity index (χ2n) is 7.30. The lowest BCUT2D eigenvalue weighted by Gasteiger charge is -2.29. The fourth-order valence-corrected chi connectivity index (χ4v) is 3.27. The molecule has 4 nitrogen and oxygen atoms in total. The zero-order valence-electron chi connectivity index (χ0n) is 17.9. The van der Waals surface area contributed by atoms with E-state index in [1.807, 2.05) is 13.8 Å². The Hall–Kier alpha value is -1.06. The standard InChI is InChI=1S/C22H42O4/c1-6-11-12-13-14-15-18-25-20(23)22(9-4,10-5)21(24)26-19(16-7-2)17-8-3/h19H,6-18H2,1-5H3. The Balaban J connectivity index is 4.63. The third kappa shape index (κ3) is 8.55. The summed E-state index contributed by atoms with van der Waals surface area (Å²) in [6.45, 7) is 10.5. The largest absolute Gasteiger partial charge is 0.465 e. The van der Waals surface area contributed by atoms with Crippen LogP contribution in [0.3, 0.4) is 0 Å². The Bertz CT molecular complexity index is 368. The number of ether oxygens (including phenoxy) is 2. The maximum atomic E-state index is 12.8. The molecule has 154 valence electrons. The zero-order valence-corrected chi connectivity index (χ0v) is 17.9. The smallest absolute Gasteiger partial charge is 0.323 e. The average Bonchev–Trinajstić information content (AvgIpc) is 2.63. The van der Waals surface area contributed by atoms with Crippen LogP contribution < -0.4 is 0 Å². The highest BCUT2D eigenvalue weighted by Gasteiger charge is 2.46. The van der Waals surface area contributed by atoms with Crippen molar-refractivity contribution in [2.75, 3.05) is 6.61 Å². The number of hydrogen-bond acceptors (Lipinski definition) is 4. The fraction of sp³-hybridized carbons (Fsp3) is 0.909. The van der Waals surface area contributed by atoms with Gasteiger partial charge in [0.05, 0.1) is 6.61 Å². The van der Waals surface area contributed by atoms with Gasteiger partial charge in [-0.05, 0) is 32.1 Å². The molecule has 0 atom stereocenters. The molecule has 0 aromatic heterocycles.